The van der Waals surface area contributed by atoms with Crippen molar-refractivity contribution in [2.24, 2.45) is 0 Å². The molecule has 1 N–H and O–H groups in total. The van der Waals surface area contributed by atoms with Crippen molar-refractivity contribution in [2.45, 2.75) is 37.9 Å². The fourth-order valence-electron chi connectivity index (χ4n) is 1.16. The fraction of sp³-hybridized carbons (Fsp3) is 0.500. The Bertz CT molecular complexity index is 325. The van der Waals surface area contributed by atoms with Crippen molar-refractivity contribution in [3.8, 4) is 0 Å². The lowest BCUT2D eigenvalue weighted by molar-refractivity contribution is 0.196. The van der Waals surface area contributed by atoms with Gasteiger partial charge in [-0.05, 0) is 31.0 Å². The maximum Gasteiger partial charge on any atom is 0.0628 e. The standard InChI is InChI=1S/C12H17ClOS/c1-8-6-11(4-5-12(8)13)7-15-10(3)9(2)14/h4-6,9-10,14H,7H2,1-3H3. The van der Waals surface area contributed by atoms with Crippen LogP contribution >= 0.6 is 23.4 Å². The van der Waals surface area contributed by atoms with Crippen LogP contribution in [0.25, 0.3) is 0 Å². The second-order valence-corrected chi connectivity index (χ2v) is 5.61. The second kappa shape index (κ2) is 5.78. The normalized spacial score (nSPS) is 15.0. The van der Waals surface area contributed by atoms with Gasteiger partial charge in [0.25, 0.3) is 0 Å². The third-order valence-corrected chi connectivity index (χ3v) is 4.26. The van der Waals surface area contributed by atoms with E-state index in [4.69, 9.17) is 11.6 Å². The summed E-state index contributed by atoms with van der Waals surface area (Å²) in [5.74, 6) is 0.921. The summed E-state index contributed by atoms with van der Waals surface area (Å²) in [4.78, 5) is 0. The zero-order chi connectivity index (χ0) is 11.4. The Morgan fingerprint density at radius 1 is 1.40 bits per heavy atom. The highest BCUT2D eigenvalue weighted by molar-refractivity contribution is 7.99. The minimum absolute atomic E-state index is 0.261. The van der Waals surface area contributed by atoms with Crippen LogP contribution in [-0.4, -0.2) is 16.5 Å². The molecule has 0 aromatic heterocycles. The van der Waals surface area contributed by atoms with Crippen molar-refractivity contribution in [3.63, 3.8) is 0 Å². The Kier molecular flexibility index (Phi) is 4.97. The first-order valence-corrected chi connectivity index (χ1v) is 6.48. The maximum absolute atomic E-state index is 9.36. The van der Waals surface area contributed by atoms with Gasteiger partial charge in [0, 0.05) is 16.0 Å². The Morgan fingerprint density at radius 2 is 2.07 bits per heavy atom. The van der Waals surface area contributed by atoms with Crippen LogP contribution in [0.15, 0.2) is 18.2 Å². The summed E-state index contributed by atoms with van der Waals surface area (Å²) in [7, 11) is 0. The molecule has 1 rings (SSSR count). The van der Waals surface area contributed by atoms with Crippen LogP contribution in [0.2, 0.25) is 5.02 Å². The summed E-state index contributed by atoms with van der Waals surface area (Å²) in [6, 6.07) is 6.07. The Hall–Kier alpha value is -0.180. The summed E-state index contributed by atoms with van der Waals surface area (Å²) < 4.78 is 0. The van der Waals surface area contributed by atoms with Crippen molar-refractivity contribution in [2.75, 3.05) is 0 Å². The molecule has 0 saturated heterocycles. The Morgan fingerprint density at radius 3 is 2.60 bits per heavy atom. The highest BCUT2D eigenvalue weighted by Crippen LogP contribution is 2.23. The van der Waals surface area contributed by atoms with Gasteiger partial charge in [0.15, 0.2) is 0 Å². The molecule has 0 spiro atoms. The molecule has 84 valence electrons. The molecule has 0 aliphatic heterocycles. The quantitative estimate of drug-likeness (QED) is 0.873. The second-order valence-electron chi connectivity index (χ2n) is 3.84. The van der Waals surface area contributed by atoms with Crippen molar-refractivity contribution < 1.29 is 5.11 Å². The number of aliphatic hydroxyl groups is 1. The fourth-order valence-corrected chi connectivity index (χ4v) is 2.19. The predicted molar refractivity (Wildman–Crippen MR) is 68.6 cm³/mol. The molecule has 0 saturated carbocycles. The van der Waals surface area contributed by atoms with Crippen LogP contribution in [0.1, 0.15) is 25.0 Å². The molecular weight excluding hydrogens is 228 g/mol. The minimum atomic E-state index is -0.261. The molecular formula is C12H17ClOS. The topological polar surface area (TPSA) is 20.2 Å². The van der Waals surface area contributed by atoms with Crippen LogP contribution in [0.4, 0.5) is 0 Å². The highest BCUT2D eigenvalue weighted by Gasteiger charge is 2.09. The van der Waals surface area contributed by atoms with E-state index >= 15 is 0 Å². The van der Waals surface area contributed by atoms with Gasteiger partial charge in [-0.3, -0.25) is 0 Å². The lowest BCUT2D eigenvalue weighted by atomic mass is 10.2. The molecule has 0 fully saturated rings. The van der Waals surface area contributed by atoms with Gasteiger partial charge in [-0.15, -0.1) is 0 Å². The average molecular weight is 245 g/mol. The number of halogens is 1. The van der Waals surface area contributed by atoms with Gasteiger partial charge in [-0.25, -0.2) is 0 Å². The predicted octanol–water partition coefficient (Wildman–Crippen LogP) is 3.65. The largest absolute Gasteiger partial charge is 0.392 e. The Labute approximate surface area is 101 Å². The van der Waals surface area contributed by atoms with E-state index in [1.165, 1.54) is 5.56 Å². The number of benzene rings is 1. The number of aryl methyl sites for hydroxylation is 1. The van der Waals surface area contributed by atoms with Crippen molar-refractivity contribution in [3.05, 3.63) is 34.3 Å². The van der Waals surface area contributed by atoms with E-state index in [9.17, 15) is 5.11 Å². The molecule has 1 aromatic rings. The summed E-state index contributed by atoms with van der Waals surface area (Å²) >= 11 is 7.71. The first kappa shape index (κ1) is 12.9. The zero-order valence-electron chi connectivity index (χ0n) is 9.33. The van der Waals surface area contributed by atoms with E-state index < -0.39 is 0 Å². The van der Waals surface area contributed by atoms with Gasteiger partial charge >= 0.3 is 0 Å². The molecule has 0 bridgehead atoms. The van der Waals surface area contributed by atoms with Gasteiger partial charge in [-0.1, -0.05) is 30.7 Å². The van der Waals surface area contributed by atoms with Crippen LogP contribution in [0.5, 0.6) is 0 Å². The summed E-state index contributed by atoms with van der Waals surface area (Å²) in [5.41, 5.74) is 2.37. The van der Waals surface area contributed by atoms with E-state index in [2.05, 4.69) is 6.07 Å². The number of aliphatic hydroxyl groups excluding tert-OH is 1. The molecule has 0 aliphatic rings. The van der Waals surface area contributed by atoms with Crippen LogP contribution in [0.3, 0.4) is 0 Å². The smallest absolute Gasteiger partial charge is 0.0628 e. The van der Waals surface area contributed by atoms with Gasteiger partial charge in [0.2, 0.25) is 0 Å². The molecule has 2 unspecified atom stereocenters. The monoisotopic (exact) mass is 244 g/mol. The number of thioether (sulfide) groups is 1. The molecule has 0 amide bonds. The third-order valence-electron chi connectivity index (χ3n) is 2.41. The highest BCUT2D eigenvalue weighted by atomic mass is 35.5. The van der Waals surface area contributed by atoms with Gasteiger partial charge in [-0.2, -0.15) is 11.8 Å². The first-order valence-electron chi connectivity index (χ1n) is 5.05. The lowest BCUT2D eigenvalue weighted by Gasteiger charge is -2.14. The zero-order valence-corrected chi connectivity index (χ0v) is 10.9. The van der Waals surface area contributed by atoms with Gasteiger partial charge in [0.05, 0.1) is 6.10 Å². The lowest BCUT2D eigenvalue weighted by Crippen LogP contribution is -2.15. The van der Waals surface area contributed by atoms with E-state index in [1.807, 2.05) is 32.9 Å². The molecule has 0 heterocycles. The van der Waals surface area contributed by atoms with Gasteiger partial charge < -0.3 is 5.11 Å². The van der Waals surface area contributed by atoms with Crippen LogP contribution < -0.4 is 0 Å². The van der Waals surface area contributed by atoms with Crippen molar-refractivity contribution in [1.82, 2.24) is 0 Å². The molecule has 15 heavy (non-hydrogen) atoms. The minimum Gasteiger partial charge on any atom is -0.392 e. The maximum atomic E-state index is 9.36. The van der Waals surface area contributed by atoms with E-state index in [0.717, 1.165) is 16.3 Å². The summed E-state index contributed by atoms with van der Waals surface area (Å²) in [6.45, 7) is 5.87. The van der Waals surface area contributed by atoms with E-state index in [0.29, 0.717) is 0 Å². The van der Waals surface area contributed by atoms with Gasteiger partial charge in [0.1, 0.15) is 0 Å². The molecule has 0 radical (unpaired) electrons. The number of hydrogen-bond acceptors (Lipinski definition) is 2. The Balaban J connectivity index is 2.55. The first-order chi connectivity index (χ1) is 7.00. The molecule has 0 aliphatic carbocycles. The van der Waals surface area contributed by atoms with Crippen LogP contribution in [0, 0.1) is 6.92 Å². The summed E-state index contributed by atoms with van der Waals surface area (Å²) in [6.07, 6.45) is -0.261. The SMILES string of the molecule is Cc1cc(CSC(C)C(C)O)ccc1Cl. The van der Waals surface area contributed by atoms with E-state index in [1.54, 1.807) is 11.8 Å². The summed E-state index contributed by atoms with van der Waals surface area (Å²) in [5, 5.41) is 10.4. The van der Waals surface area contributed by atoms with Crippen LogP contribution in [-0.2, 0) is 5.75 Å². The van der Waals surface area contributed by atoms with Crippen molar-refractivity contribution >= 4 is 23.4 Å². The molecule has 3 heteroatoms. The number of rotatable bonds is 4. The van der Waals surface area contributed by atoms with Crippen molar-refractivity contribution in [1.29, 1.82) is 0 Å². The molecule has 1 nitrogen and oxygen atoms in total. The third kappa shape index (κ3) is 4.06. The molecule has 2 atom stereocenters. The molecule has 1 aromatic carbocycles. The average Bonchev–Trinajstić information content (AvgIpc) is 2.19. The number of hydrogen-bond donors (Lipinski definition) is 1. The van der Waals surface area contributed by atoms with E-state index in [-0.39, 0.29) is 11.4 Å².